The van der Waals surface area contributed by atoms with Gasteiger partial charge in [-0.1, -0.05) is 30.3 Å². The predicted molar refractivity (Wildman–Crippen MR) is 77.2 cm³/mol. The van der Waals surface area contributed by atoms with Gasteiger partial charge in [0.25, 0.3) is 5.91 Å². The van der Waals surface area contributed by atoms with E-state index in [4.69, 9.17) is 0 Å². The first kappa shape index (κ1) is 13.4. The molecule has 19 heavy (non-hydrogen) atoms. The second-order valence-corrected chi connectivity index (χ2v) is 4.70. The number of carbonyl (C=O) groups excluding carboxylic acids is 1. The Kier molecular flexibility index (Phi) is 4.05. The van der Waals surface area contributed by atoms with Crippen molar-refractivity contribution < 1.29 is 4.79 Å². The third-order valence-electron chi connectivity index (χ3n) is 3.43. The van der Waals surface area contributed by atoms with Crippen LogP contribution in [-0.4, -0.2) is 10.5 Å². The van der Waals surface area contributed by atoms with Crippen LogP contribution in [0.15, 0.2) is 36.4 Å². The van der Waals surface area contributed by atoms with Crippen molar-refractivity contribution in [2.75, 3.05) is 0 Å². The lowest BCUT2D eigenvalue weighted by molar-refractivity contribution is 0.0950. The van der Waals surface area contributed by atoms with E-state index < -0.39 is 0 Å². The number of amides is 1. The van der Waals surface area contributed by atoms with Crippen molar-refractivity contribution in [2.45, 2.75) is 33.9 Å². The van der Waals surface area contributed by atoms with Crippen LogP contribution in [0.2, 0.25) is 0 Å². The molecule has 1 aromatic heterocycles. The lowest BCUT2D eigenvalue weighted by atomic mass is 10.2. The molecule has 0 aliphatic heterocycles. The van der Waals surface area contributed by atoms with Crippen LogP contribution in [0, 0.1) is 13.8 Å². The largest absolute Gasteiger partial charge is 0.349 e. The van der Waals surface area contributed by atoms with E-state index in [0.717, 1.165) is 29.1 Å². The molecule has 1 amide bonds. The lowest BCUT2D eigenvalue weighted by Crippen LogP contribution is -2.23. The van der Waals surface area contributed by atoms with Crippen LogP contribution >= 0.6 is 0 Å². The fourth-order valence-electron chi connectivity index (χ4n) is 2.39. The SMILES string of the molecule is CCn1c(C)cc(C(=O)NCc2ccccc2)c1C. The zero-order valence-electron chi connectivity index (χ0n) is 11.7. The van der Waals surface area contributed by atoms with Gasteiger partial charge in [0, 0.05) is 24.5 Å². The topological polar surface area (TPSA) is 34.0 Å². The molecule has 0 atom stereocenters. The Labute approximate surface area is 114 Å². The zero-order chi connectivity index (χ0) is 13.8. The summed E-state index contributed by atoms with van der Waals surface area (Å²) < 4.78 is 2.15. The van der Waals surface area contributed by atoms with Gasteiger partial charge in [-0.3, -0.25) is 4.79 Å². The summed E-state index contributed by atoms with van der Waals surface area (Å²) in [6.07, 6.45) is 0. The van der Waals surface area contributed by atoms with Crippen molar-refractivity contribution in [3.05, 3.63) is 58.9 Å². The molecule has 0 aliphatic rings. The van der Waals surface area contributed by atoms with E-state index in [1.54, 1.807) is 0 Å². The highest BCUT2D eigenvalue weighted by Crippen LogP contribution is 2.15. The number of aryl methyl sites for hydroxylation is 1. The third-order valence-corrected chi connectivity index (χ3v) is 3.43. The molecule has 0 bridgehead atoms. The van der Waals surface area contributed by atoms with Gasteiger partial charge in [-0.25, -0.2) is 0 Å². The molecule has 100 valence electrons. The number of hydrogen-bond donors (Lipinski definition) is 1. The van der Waals surface area contributed by atoms with Crippen molar-refractivity contribution >= 4 is 5.91 Å². The van der Waals surface area contributed by atoms with Crippen molar-refractivity contribution in [3.63, 3.8) is 0 Å². The average molecular weight is 256 g/mol. The maximum absolute atomic E-state index is 12.2. The minimum atomic E-state index is -0.00310. The minimum Gasteiger partial charge on any atom is -0.349 e. The maximum Gasteiger partial charge on any atom is 0.253 e. The number of rotatable bonds is 4. The van der Waals surface area contributed by atoms with Gasteiger partial charge in [-0.15, -0.1) is 0 Å². The summed E-state index contributed by atoms with van der Waals surface area (Å²) in [4.78, 5) is 12.2. The van der Waals surface area contributed by atoms with Crippen LogP contribution in [0.5, 0.6) is 0 Å². The molecule has 2 aromatic rings. The summed E-state index contributed by atoms with van der Waals surface area (Å²) in [5.41, 5.74) is 4.05. The molecule has 3 nitrogen and oxygen atoms in total. The Morgan fingerprint density at radius 1 is 1.21 bits per heavy atom. The summed E-state index contributed by atoms with van der Waals surface area (Å²) in [6, 6.07) is 11.9. The van der Waals surface area contributed by atoms with Crippen LogP contribution in [0.1, 0.15) is 34.2 Å². The van der Waals surface area contributed by atoms with Gasteiger partial charge < -0.3 is 9.88 Å². The summed E-state index contributed by atoms with van der Waals surface area (Å²) in [5.74, 6) is -0.00310. The van der Waals surface area contributed by atoms with E-state index in [1.807, 2.05) is 50.2 Å². The molecular formula is C16H20N2O. The fourth-order valence-corrected chi connectivity index (χ4v) is 2.39. The summed E-state index contributed by atoms with van der Waals surface area (Å²) in [7, 11) is 0. The number of hydrogen-bond acceptors (Lipinski definition) is 1. The highest BCUT2D eigenvalue weighted by Gasteiger charge is 2.14. The Hall–Kier alpha value is -2.03. The van der Waals surface area contributed by atoms with Crippen LogP contribution in [0.25, 0.3) is 0 Å². The van der Waals surface area contributed by atoms with E-state index in [1.165, 1.54) is 0 Å². The standard InChI is InChI=1S/C16H20N2O/c1-4-18-12(2)10-15(13(18)3)16(19)17-11-14-8-6-5-7-9-14/h5-10H,4,11H2,1-3H3,(H,17,19). The second kappa shape index (κ2) is 5.74. The second-order valence-electron chi connectivity index (χ2n) is 4.70. The smallest absolute Gasteiger partial charge is 0.253 e. The number of nitrogens with zero attached hydrogens (tertiary/aromatic N) is 1. The van der Waals surface area contributed by atoms with Gasteiger partial charge >= 0.3 is 0 Å². The first-order valence-corrected chi connectivity index (χ1v) is 6.62. The molecule has 0 unspecified atom stereocenters. The van der Waals surface area contributed by atoms with E-state index in [-0.39, 0.29) is 5.91 Å². The van der Waals surface area contributed by atoms with Crippen molar-refractivity contribution in [1.82, 2.24) is 9.88 Å². The van der Waals surface area contributed by atoms with Gasteiger partial charge in [0.15, 0.2) is 0 Å². The zero-order valence-corrected chi connectivity index (χ0v) is 11.7. The fraction of sp³-hybridized carbons (Fsp3) is 0.312. The molecule has 1 heterocycles. The Morgan fingerprint density at radius 2 is 1.89 bits per heavy atom. The monoisotopic (exact) mass is 256 g/mol. The molecule has 2 rings (SSSR count). The first-order chi connectivity index (χ1) is 9.13. The van der Waals surface area contributed by atoms with Crippen molar-refractivity contribution in [1.29, 1.82) is 0 Å². The maximum atomic E-state index is 12.2. The van der Waals surface area contributed by atoms with Crippen LogP contribution in [-0.2, 0) is 13.1 Å². The molecule has 0 saturated heterocycles. The first-order valence-electron chi connectivity index (χ1n) is 6.62. The van der Waals surface area contributed by atoms with Crippen LogP contribution in [0.3, 0.4) is 0 Å². The summed E-state index contributed by atoms with van der Waals surface area (Å²) >= 11 is 0. The van der Waals surface area contributed by atoms with E-state index in [2.05, 4.69) is 16.8 Å². The number of carbonyl (C=O) groups is 1. The molecule has 0 fully saturated rings. The average Bonchev–Trinajstić information content (AvgIpc) is 2.72. The Morgan fingerprint density at radius 3 is 2.47 bits per heavy atom. The van der Waals surface area contributed by atoms with Crippen LogP contribution < -0.4 is 5.32 Å². The van der Waals surface area contributed by atoms with E-state index >= 15 is 0 Å². The number of aromatic nitrogens is 1. The summed E-state index contributed by atoms with van der Waals surface area (Å²) in [6.45, 7) is 7.57. The number of benzene rings is 1. The van der Waals surface area contributed by atoms with Gasteiger partial charge in [0.2, 0.25) is 0 Å². The third kappa shape index (κ3) is 2.87. The number of nitrogens with one attached hydrogen (secondary N) is 1. The highest BCUT2D eigenvalue weighted by molar-refractivity contribution is 5.95. The Balaban J connectivity index is 2.08. The minimum absolute atomic E-state index is 0.00310. The van der Waals surface area contributed by atoms with Crippen molar-refractivity contribution in [2.24, 2.45) is 0 Å². The van der Waals surface area contributed by atoms with Gasteiger partial charge in [0.05, 0.1) is 5.56 Å². The Bertz CT molecular complexity index is 570. The quantitative estimate of drug-likeness (QED) is 0.896. The lowest BCUT2D eigenvalue weighted by Gasteiger charge is -2.07. The van der Waals surface area contributed by atoms with Crippen LogP contribution in [0.4, 0.5) is 0 Å². The van der Waals surface area contributed by atoms with Gasteiger partial charge in [-0.05, 0) is 32.4 Å². The van der Waals surface area contributed by atoms with Gasteiger partial charge in [0.1, 0.15) is 0 Å². The highest BCUT2D eigenvalue weighted by atomic mass is 16.1. The normalized spacial score (nSPS) is 10.5. The predicted octanol–water partition coefficient (Wildman–Crippen LogP) is 3.05. The van der Waals surface area contributed by atoms with E-state index in [0.29, 0.717) is 6.54 Å². The van der Waals surface area contributed by atoms with Crippen molar-refractivity contribution in [3.8, 4) is 0 Å². The molecule has 0 spiro atoms. The molecular weight excluding hydrogens is 236 g/mol. The molecule has 3 heteroatoms. The molecule has 0 saturated carbocycles. The molecule has 0 aliphatic carbocycles. The molecule has 0 radical (unpaired) electrons. The molecule has 1 N–H and O–H groups in total. The summed E-state index contributed by atoms with van der Waals surface area (Å²) in [5, 5.41) is 2.97. The van der Waals surface area contributed by atoms with E-state index in [9.17, 15) is 4.79 Å². The van der Waals surface area contributed by atoms with Gasteiger partial charge in [-0.2, -0.15) is 0 Å². The molecule has 1 aromatic carbocycles.